The van der Waals surface area contributed by atoms with E-state index >= 15 is 0 Å². The molecule has 0 amide bonds. The van der Waals surface area contributed by atoms with Gasteiger partial charge in [-0.2, -0.15) is 0 Å². The lowest BCUT2D eigenvalue weighted by atomic mass is 10.0. The van der Waals surface area contributed by atoms with Gasteiger partial charge in [0.25, 0.3) is 5.92 Å². The third-order valence-electron chi connectivity index (χ3n) is 5.12. The first-order valence-electron chi connectivity index (χ1n) is 9.64. The minimum absolute atomic E-state index is 0.0238. The van der Waals surface area contributed by atoms with Crippen LogP contribution in [-0.2, 0) is 14.3 Å². The van der Waals surface area contributed by atoms with Gasteiger partial charge < -0.3 is 15.2 Å². The van der Waals surface area contributed by atoms with Crippen molar-refractivity contribution in [3.8, 4) is 0 Å². The van der Waals surface area contributed by atoms with Crippen LogP contribution in [0.4, 0.5) is 8.78 Å². The molecule has 0 aliphatic carbocycles. The number of hydrogen-bond acceptors (Lipinski definition) is 8. The predicted molar refractivity (Wildman–Crippen MR) is 107 cm³/mol. The number of amidine groups is 1. The first-order valence-corrected chi connectivity index (χ1v) is 10.5. The number of esters is 1. The molecule has 0 saturated carbocycles. The van der Waals surface area contributed by atoms with Gasteiger partial charge in [-0.1, -0.05) is 6.42 Å². The van der Waals surface area contributed by atoms with Crippen LogP contribution in [0.2, 0.25) is 0 Å². The first kappa shape index (κ1) is 22.3. The number of nitrogens with one attached hydrogen (secondary N) is 1. The number of rotatable bonds is 9. The number of aliphatic carboxylic acids is 1. The van der Waals surface area contributed by atoms with Crippen molar-refractivity contribution >= 4 is 29.1 Å². The van der Waals surface area contributed by atoms with Crippen LogP contribution >= 0.6 is 11.3 Å². The Labute approximate surface area is 176 Å². The smallest absolute Gasteiger partial charge is 0.337 e. The number of ether oxygens (including phenoxy) is 1. The molecule has 0 spiro atoms. The van der Waals surface area contributed by atoms with E-state index in [2.05, 4.69) is 15.3 Å². The number of alkyl halides is 2. The first-order chi connectivity index (χ1) is 14.3. The topological polar surface area (TPSA) is 104 Å². The van der Waals surface area contributed by atoms with Crippen molar-refractivity contribution in [2.75, 3.05) is 26.7 Å². The molecule has 3 rings (SSSR count). The quantitative estimate of drug-likeness (QED) is 0.447. The second-order valence-electron chi connectivity index (χ2n) is 7.33. The number of carboxylic acids is 1. The normalized spacial score (nSPS) is 21.3. The lowest BCUT2D eigenvalue weighted by molar-refractivity contribution is -0.137. The zero-order valence-electron chi connectivity index (χ0n) is 16.6. The molecule has 8 nitrogen and oxygen atoms in total. The number of likely N-dealkylation sites (tertiary alicyclic amines) is 1. The van der Waals surface area contributed by atoms with Crippen molar-refractivity contribution in [3.63, 3.8) is 0 Å². The molecule has 0 bridgehead atoms. The van der Waals surface area contributed by atoms with Gasteiger partial charge in [0, 0.05) is 42.7 Å². The molecular formula is C19H24F2N4O4S. The maximum absolute atomic E-state index is 14.2. The molecule has 1 unspecified atom stereocenters. The number of aliphatic imine (C=N–C) groups is 1. The number of halogens is 2. The van der Waals surface area contributed by atoms with Gasteiger partial charge in [-0.3, -0.25) is 14.7 Å². The molecule has 1 aromatic rings. The van der Waals surface area contributed by atoms with Gasteiger partial charge in [0.15, 0.2) is 10.8 Å². The molecular weight excluding hydrogens is 418 g/mol. The fourth-order valence-electron chi connectivity index (χ4n) is 3.71. The van der Waals surface area contributed by atoms with Gasteiger partial charge in [0.05, 0.1) is 25.8 Å². The molecule has 3 heterocycles. The predicted octanol–water partition coefficient (Wildman–Crippen LogP) is 2.27. The van der Waals surface area contributed by atoms with E-state index < -0.39 is 30.4 Å². The molecule has 1 saturated heterocycles. The van der Waals surface area contributed by atoms with Crippen LogP contribution in [0.1, 0.15) is 37.1 Å². The highest BCUT2D eigenvalue weighted by Gasteiger charge is 2.45. The Hall–Kier alpha value is -2.40. The summed E-state index contributed by atoms with van der Waals surface area (Å²) in [6, 6.07) is -0.399. The largest absolute Gasteiger partial charge is 0.481 e. The third kappa shape index (κ3) is 5.60. The molecule has 0 radical (unpaired) electrons. The SMILES string of the molecule is COC(=O)C1=C(CN2CC(F)(F)CC2CCCCC(=O)O)NC(c2nccs2)=NC1. The number of unbranched alkanes of at least 4 members (excludes halogenated alkanes) is 1. The van der Waals surface area contributed by atoms with Crippen LogP contribution < -0.4 is 5.32 Å². The zero-order chi connectivity index (χ0) is 21.7. The molecule has 164 valence electrons. The monoisotopic (exact) mass is 442 g/mol. The van der Waals surface area contributed by atoms with Crippen molar-refractivity contribution in [2.24, 2.45) is 4.99 Å². The van der Waals surface area contributed by atoms with Crippen molar-refractivity contribution in [3.05, 3.63) is 27.9 Å². The third-order valence-corrected chi connectivity index (χ3v) is 5.90. The molecule has 2 aliphatic rings. The van der Waals surface area contributed by atoms with Gasteiger partial charge in [0.1, 0.15) is 0 Å². The van der Waals surface area contributed by atoms with E-state index in [0.29, 0.717) is 41.4 Å². The lowest BCUT2D eigenvalue weighted by Gasteiger charge is -2.28. The van der Waals surface area contributed by atoms with E-state index in [0.717, 1.165) is 0 Å². The number of aromatic nitrogens is 1. The number of thiazole rings is 1. The van der Waals surface area contributed by atoms with Crippen LogP contribution in [0, 0.1) is 0 Å². The van der Waals surface area contributed by atoms with Crippen LogP contribution in [0.3, 0.4) is 0 Å². The van der Waals surface area contributed by atoms with E-state index in [1.165, 1.54) is 18.4 Å². The van der Waals surface area contributed by atoms with Crippen LogP contribution in [0.5, 0.6) is 0 Å². The highest BCUT2D eigenvalue weighted by atomic mass is 32.1. The highest BCUT2D eigenvalue weighted by molar-refractivity contribution is 7.11. The molecule has 1 fully saturated rings. The number of hydrogen-bond donors (Lipinski definition) is 2. The summed E-state index contributed by atoms with van der Waals surface area (Å²) in [5, 5.41) is 14.3. The minimum atomic E-state index is -2.83. The Morgan fingerprint density at radius 2 is 2.23 bits per heavy atom. The number of nitrogens with zero attached hydrogens (tertiary/aromatic N) is 3. The number of carbonyl (C=O) groups excluding carboxylic acids is 1. The summed E-state index contributed by atoms with van der Waals surface area (Å²) in [6.07, 6.45) is 2.84. The van der Waals surface area contributed by atoms with E-state index in [1.807, 2.05) is 0 Å². The van der Waals surface area contributed by atoms with Crippen molar-refractivity contribution in [1.82, 2.24) is 15.2 Å². The average Bonchev–Trinajstić information content (AvgIpc) is 3.32. The fourth-order valence-corrected chi connectivity index (χ4v) is 4.31. The van der Waals surface area contributed by atoms with Crippen molar-refractivity contribution in [1.29, 1.82) is 0 Å². The summed E-state index contributed by atoms with van der Waals surface area (Å²) in [4.78, 5) is 33.1. The Morgan fingerprint density at radius 3 is 2.90 bits per heavy atom. The van der Waals surface area contributed by atoms with E-state index in [1.54, 1.807) is 16.5 Å². The Morgan fingerprint density at radius 1 is 1.43 bits per heavy atom. The van der Waals surface area contributed by atoms with Gasteiger partial charge in [-0.15, -0.1) is 11.3 Å². The number of carbonyl (C=O) groups is 2. The Bertz CT molecular complexity index is 842. The Kier molecular flexibility index (Phi) is 7.14. The van der Waals surface area contributed by atoms with Crippen LogP contribution in [0.15, 0.2) is 27.8 Å². The van der Waals surface area contributed by atoms with Crippen molar-refractivity contribution in [2.45, 2.75) is 44.1 Å². The molecule has 0 aromatic carbocycles. The van der Waals surface area contributed by atoms with Gasteiger partial charge >= 0.3 is 11.9 Å². The number of carboxylic acid groups (broad SMARTS) is 1. The van der Waals surface area contributed by atoms with Crippen molar-refractivity contribution < 1.29 is 28.2 Å². The molecule has 1 atom stereocenters. The fraction of sp³-hybridized carbons (Fsp3) is 0.579. The highest BCUT2D eigenvalue weighted by Crippen LogP contribution is 2.35. The lowest BCUT2D eigenvalue weighted by Crippen LogP contribution is -2.41. The summed E-state index contributed by atoms with van der Waals surface area (Å²) >= 11 is 1.38. The second kappa shape index (κ2) is 9.61. The number of methoxy groups -OCH3 is 1. The molecule has 30 heavy (non-hydrogen) atoms. The summed E-state index contributed by atoms with van der Waals surface area (Å²) in [6.45, 7) is -0.217. The van der Waals surface area contributed by atoms with Gasteiger partial charge in [-0.05, 0) is 12.8 Å². The van der Waals surface area contributed by atoms with Gasteiger partial charge in [0.2, 0.25) is 0 Å². The second-order valence-corrected chi connectivity index (χ2v) is 8.23. The summed E-state index contributed by atoms with van der Waals surface area (Å²) in [7, 11) is 1.27. The zero-order valence-corrected chi connectivity index (χ0v) is 17.4. The molecule has 2 aliphatic heterocycles. The standard InChI is InChI=1S/C19H24F2N4O4S/c1-29-18(28)13-9-23-16(17-22-6-7-30-17)24-14(13)10-25-11-19(20,21)8-12(25)4-2-3-5-15(26)27/h6-7,12H,2-5,8-11H2,1H3,(H,23,24)(H,26,27). The summed E-state index contributed by atoms with van der Waals surface area (Å²) < 4.78 is 33.2. The minimum Gasteiger partial charge on any atom is -0.481 e. The van der Waals surface area contributed by atoms with E-state index in [4.69, 9.17) is 9.84 Å². The maximum Gasteiger partial charge on any atom is 0.337 e. The van der Waals surface area contributed by atoms with E-state index in [9.17, 15) is 18.4 Å². The molecule has 11 heteroatoms. The Balaban J connectivity index is 1.73. The van der Waals surface area contributed by atoms with Gasteiger partial charge in [-0.25, -0.2) is 18.6 Å². The molecule has 2 N–H and O–H groups in total. The molecule has 1 aromatic heterocycles. The summed E-state index contributed by atoms with van der Waals surface area (Å²) in [5.74, 6) is -3.78. The van der Waals surface area contributed by atoms with Crippen LogP contribution in [0.25, 0.3) is 0 Å². The van der Waals surface area contributed by atoms with Crippen LogP contribution in [-0.4, -0.2) is 71.5 Å². The average molecular weight is 442 g/mol. The van der Waals surface area contributed by atoms with E-state index in [-0.39, 0.29) is 25.9 Å². The maximum atomic E-state index is 14.2. The summed E-state index contributed by atoms with van der Waals surface area (Å²) in [5.41, 5.74) is 0.785.